The van der Waals surface area contributed by atoms with Crippen LogP contribution < -0.4 is 11.3 Å². The third-order valence-electron chi connectivity index (χ3n) is 1.77. The Kier molecular flexibility index (Phi) is 3.69. The van der Waals surface area contributed by atoms with E-state index in [4.69, 9.17) is 15.0 Å². The van der Waals surface area contributed by atoms with Gasteiger partial charge in [0.25, 0.3) is 0 Å². The van der Waals surface area contributed by atoms with E-state index in [0.717, 1.165) is 5.76 Å². The first-order valence-corrected chi connectivity index (χ1v) is 4.66. The summed E-state index contributed by atoms with van der Waals surface area (Å²) in [5, 5.41) is 0. The van der Waals surface area contributed by atoms with Crippen molar-refractivity contribution < 1.29 is 9.15 Å². The second-order valence-electron chi connectivity index (χ2n) is 4.16. The maximum atomic E-state index is 5.60. The standard InChI is InChI=1S/C10H18N2O2/c1-10(2,3)14-7-8(12-11)9-5-4-6-13-9/h4-6,8,12H,7,11H2,1-3H3. The van der Waals surface area contributed by atoms with Crippen LogP contribution in [0.25, 0.3) is 0 Å². The summed E-state index contributed by atoms with van der Waals surface area (Å²) in [5.74, 6) is 6.19. The Bertz CT molecular complexity index is 252. The van der Waals surface area contributed by atoms with E-state index in [1.165, 1.54) is 0 Å². The highest BCUT2D eigenvalue weighted by molar-refractivity contribution is 5.03. The van der Waals surface area contributed by atoms with Crippen molar-refractivity contribution in [2.45, 2.75) is 32.4 Å². The molecule has 1 atom stereocenters. The molecular weight excluding hydrogens is 180 g/mol. The van der Waals surface area contributed by atoms with Gasteiger partial charge in [0.2, 0.25) is 0 Å². The molecule has 0 aliphatic carbocycles. The molecular formula is C10H18N2O2. The Morgan fingerprint density at radius 1 is 1.57 bits per heavy atom. The van der Waals surface area contributed by atoms with Gasteiger partial charge in [0.05, 0.1) is 18.5 Å². The van der Waals surface area contributed by atoms with E-state index in [1.807, 2.05) is 32.9 Å². The van der Waals surface area contributed by atoms with E-state index in [-0.39, 0.29) is 11.6 Å². The third kappa shape index (κ3) is 3.49. The lowest BCUT2D eigenvalue weighted by Gasteiger charge is -2.23. The van der Waals surface area contributed by atoms with Crippen LogP contribution in [0, 0.1) is 0 Å². The first-order valence-electron chi connectivity index (χ1n) is 4.66. The fourth-order valence-electron chi connectivity index (χ4n) is 1.04. The summed E-state index contributed by atoms with van der Waals surface area (Å²) >= 11 is 0. The van der Waals surface area contributed by atoms with Crippen molar-refractivity contribution in [1.29, 1.82) is 0 Å². The highest BCUT2D eigenvalue weighted by Gasteiger charge is 2.17. The molecule has 0 spiro atoms. The SMILES string of the molecule is CC(C)(C)OCC(NN)c1ccco1. The highest BCUT2D eigenvalue weighted by atomic mass is 16.5. The number of nitrogens with two attached hydrogens (primary N) is 1. The average Bonchev–Trinajstić information content (AvgIpc) is 2.56. The fraction of sp³-hybridized carbons (Fsp3) is 0.600. The summed E-state index contributed by atoms with van der Waals surface area (Å²) in [6.07, 6.45) is 1.62. The molecule has 0 aliphatic rings. The van der Waals surface area contributed by atoms with Crippen LogP contribution in [0.5, 0.6) is 0 Å². The Morgan fingerprint density at radius 2 is 2.29 bits per heavy atom. The number of rotatable bonds is 4. The number of nitrogens with one attached hydrogen (secondary N) is 1. The molecule has 1 unspecified atom stereocenters. The van der Waals surface area contributed by atoms with Gasteiger partial charge in [-0.1, -0.05) is 0 Å². The van der Waals surface area contributed by atoms with Crippen LogP contribution in [0.2, 0.25) is 0 Å². The van der Waals surface area contributed by atoms with Gasteiger partial charge in [-0.05, 0) is 32.9 Å². The molecule has 3 N–H and O–H groups in total. The number of hydrogen-bond donors (Lipinski definition) is 2. The first-order chi connectivity index (χ1) is 6.53. The van der Waals surface area contributed by atoms with Crippen LogP contribution in [0.4, 0.5) is 0 Å². The summed E-state index contributed by atoms with van der Waals surface area (Å²) in [4.78, 5) is 0. The monoisotopic (exact) mass is 198 g/mol. The minimum absolute atomic E-state index is 0.0933. The molecule has 1 aromatic heterocycles. The summed E-state index contributed by atoms with van der Waals surface area (Å²) in [6, 6.07) is 3.61. The second kappa shape index (κ2) is 4.59. The summed E-state index contributed by atoms with van der Waals surface area (Å²) in [7, 11) is 0. The average molecular weight is 198 g/mol. The van der Waals surface area contributed by atoms with Gasteiger partial charge < -0.3 is 9.15 Å². The van der Waals surface area contributed by atoms with Gasteiger partial charge in [0.15, 0.2) is 0 Å². The Morgan fingerprint density at radius 3 is 2.71 bits per heavy atom. The molecule has 0 bridgehead atoms. The van der Waals surface area contributed by atoms with Crippen molar-refractivity contribution in [1.82, 2.24) is 5.43 Å². The molecule has 0 radical (unpaired) electrons. The van der Waals surface area contributed by atoms with Crippen molar-refractivity contribution in [2.24, 2.45) is 5.84 Å². The van der Waals surface area contributed by atoms with Crippen LogP contribution in [0.3, 0.4) is 0 Å². The maximum Gasteiger partial charge on any atom is 0.124 e. The fourth-order valence-corrected chi connectivity index (χ4v) is 1.04. The number of hydrogen-bond acceptors (Lipinski definition) is 4. The maximum absolute atomic E-state index is 5.60. The van der Waals surface area contributed by atoms with Gasteiger partial charge >= 0.3 is 0 Å². The van der Waals surface area contributed by atoms with E-state index in [1.54, 1.807) is 6.26 Å². The minimum atomic E-state index is -0.165. The van der Waals surface area contributed by atoms with E-state index in [0.29, 0.717) is 6.61 Å². The van der Waals surface area contributed by atoms with Gasteiger partial charge in [-0.15, -0.1) is 0 Å². The van der Waals surface area contributed by atoms with E-state index in [9.17, 15) is 0 Å². The predicted molar refractivity (Wildman–Crippen MR) is 54.5 cm³/mol. The van der Waals surface area contributed by atoms with Crippen molar-refractivity contribution in [3.05, 3.63) is 24.2 Å². The quantitative estimate of drug-likeness (QED) is 0.570. The summed E-state index contributed by atoms with van der Waals surface area (Å²) < 4.78 is 10.8. The molecule has 80 valence electrons. The Balaban J connectivity index is 2.49. The molecule has 1 rings (SSSR count). The molecule has 4 heteroatoms. The topological polar surface area (TPSA) is 60.4 Å². The molecule has 14 heavy (non-hydrogen) atoms. The zero-order valence-corrected chi connectivity index (χ0v) is 8.91. The molecule has 0 saturated heterocycles. The zero-order valence-electron chi connectivity index (χ0n) is 8.91. The molecule has 4 nitrogen and oxygen atoms in total. The molecule has 0 aliphatic heterocycles. The van der Waals surface area contributed by atoms with E-state index < -0.39 is 0 Å². The molecule has 1 heterocycles. The van der Waals surface area contributed by atoms with Gasteiger partial charge in [-0.25, -0.2) is 5.43 Å². The largest absolute Gasteiger partial charge is 0.468 e. The normalized spacial score (nSPS) is 14.3. The van der Waals surface area contributed by atoms with Gasteiger partial charge in [0, 0.05) is 0 Å². The molecule has 0 fully saturated rings. The minimum Gasteiger partial charge on any atom is -0.468 e. The molecule has 0 amide bonds. The van der Waals surface area contributed by atoms with Crippen LogP contribution in [0.15, 0.2) is 22.8 Å². The van der Waals surface area contributed by atoms with Crippen molar-refractivity contribution in [2.75, 3.05) is 6.61 Å². The second-order valence-corrected chi connectivity index (χ2v) is 4.16. The summed E-state index contributed by atoms with van der Waals surface area (Å²) in [5.41, 5.74) is 2.49. The van der Waals surface area contributed by atoms with Gasteiger partial charge in [-0.3, -0.25) is 5.84 Å². The molecule has 0 aromatic carbocycles. The lowest BCUT2D eigenvalue weighted by Crippen LogP contribution is -2.34. The van der Waals surface area contributed by atoms with Gasteiger partial charge in [0.1, 0.15) is 11.8 Å². The van der Waals surface area contributed by atoms with Crippen LogP contribution in [-0.4, -0.2) is 12.2 Å². The predicted octanol–water partition coefficient (Wildman–Crippen LogP) is 1.60. The lowest BCUT2D eigenvalue weighted by molar-refractivity contribution is -0.0172. The summed E-state index contributed by atoms with van der Waals surface area (Å²) in [6.45, 7) is 6.50. The number of hydrazine groups is 1. The van der Waals surface area contributed by atoms with Crippen molar-refractivity contribution in [3.8, 4) is 0 Å². The third-order valence-corrected chi connectivity index (χ3v) is 1.77. The van der Waals surface area contributed by atoms with Crippen LogP contribution in [0.1, 0.15) is 32.6 Å². The highest BCUT2D eigenvalue weighted by Crippen LogP contribution is 2.16. The first kappa shape index (κ1) is 11.2. The van der Waals surface area contributed by atoms with E-state index in [2.05, 4.69) is 5.43 Å². The number of ether oxygens (including phenoxy) is 1. The van der Waals surface area contributed by atoms with Gasteiger partial charge in [-0.2, -0.15) is 0 Å². The zero-order chi connectivity index (χ0) is 10.6. The van der Waals surface area contributed by atoms with Crippen LogP contribution in [-0.2, 0) is 4.74 Å². The lowest BCUT2D eigenvalue weighted by atomic mass is 10.2. The van der Waals surface area contributed by atoms with Crippen molar-refractivity contribution >= 4 is 0 Å². The molecule has 1 aromatic rings. The Hall–Kier alpha value is -0.840. The van der Waals surface area contributed by atoms with Crippen LogP contribution >= 0.6 is 0 Å². The number of furan rings is 1. The Labute approximate surface area is 84.4 Å². The smallest absolute Gasteiger partial charge is 0.124 e. The van der Waals surface area contributed by atoms with Crippen molar-refractivity contribution in [3.63, 3.8) is 0 Å². The van der Waals surface area contributed by atoms with E-state index >= 15 is 0 Å². The molecule has 0 saturated carbocycles.